The summed E-state index contributed by atoms with van der Waals surface area (Å²) in [5, 5.41) is 15.4. The van der Waals surface area contributed by atoms with Gasteiger partial charge in [-0.15, -0.1) is 28.0 Å². The molecule has 2 aliphatic rings. The number of rotatable bonds is 5. The number of nitrogen functional groups attached to an aromatic ring is 1. The van der Waals surface area contributed by atoms with Gasteiger partial charge in [-0.25, -0.2) is 9.78 Å². The van der Waals surface area contributed by atoms with Gasteiger partial charge in [-0.3, -0.25) is 14.5 Å². The standard InChI is InChI=1S/C13H13N5O5S2/c1-4-2-6(12(21)22)18-10(20)8(11(18)25-4)16-9(19)7(17-23)5-3-24-13(14)15-5/h2-4,7-8,11H,1H3,(H2,14,15)(H,16,19)(H,21,22)/t4?,7?,8?,11-/m0/s1. The van der Waals surface area contributed by atoms with E-state index in [0.29, 0.717) is 0 Å². The number of nitrogens with zero attached hydrogens (tertiary/aromatic N) is 3. The number of carbonyl (C=O) groups is 3. The van der Waals surface area contributed by atoms with Crippen LogP contribution in [0.5, 0.6) is 0 Å². The second kappa shape index (κ2) is 6.44. The molecule has 1 fully saturated rings. The molecule has 12 heteroatoms. The molecule has 4 N–H and O–H groups in total. The van der Waals surface area contributed by atoms with Crippen LogP contribution in [0.3, 0.4) is 0 Å². The Kier molecular flexibility index (Phi) is 4.47. The molecule has 4 atom stereocenters. The lowest BCUT2D eigenvalue weighted by Gasteiger charge is -2.49. The van der Waals surface area contributed by atoms with Crippen LogP contribution in [-0.4, -0.2) is 49.4 Å². The topological polar surface area (TPSA) is 155 Å². The van der Waals surface area contributed by atoms with E-state index in [1.54, 1.807) is 6.92 Å². The van der Waals surface area contributed by atoms with Crippen molar-refractivity contribution < 1.29 is 19.5 Å². The number of nitroso groups, excluding NO2 is 1. The fraction of sp³-hybridized carbons (Fsp3) is 0.385. The second-order valence-corrected chi connectivity index (χ2v) is 7.79. The van der Waals surface area contributed by atoms with Gasteiger partial charge in [0.25, 0.3) is 11.8 Å². The fourth-order valence-electron chi connectivity index (χ4n) is 2.62. The van der Waals surface area contributed by atoms with Gasteiger partial charge in [-0.1, -0.05) is 0 Å². The number of carboxylic acids is 1. The molecule has 132 valence electrons. The highest BCUT2D eigenvalue weighted by Gasteiger charge is 2.54. The molecule has 1 saturated heterocycles. The highest BCUT2D eigenvalue weighted by Crippen LogP contribution is 2.41. The third kappa shape index (κ3) is 2.98. The van der Waals surface area contributed by atoms with Crippen molar-refractivity contribution in [3.63, 3.8) is 0 Å². The molecule has 25 heavy (non-hydrogen) atoms. The smallest absolute Gasteiger partial charge is 0.352 e. The van der Waals surface area contributed by atoms with E-state index in [2.05, 4.69) is 15.5 Å². The minimum absolute atomic E-state index is 0.106. The lowest BCUT2D eigenvalue weighted by Crippen LogP contribution is -2.70. The van der Waals surface area contributed by atoms with E-state index in [1.165, 1.54) is 23.2 Å². The molecule has 3 unspecified atom stereocenters. The molecule has 0 bridgehead atoms. The number of amides is 2. The summed E-state index contributed by atoms with van der Waals surface area (Å²) < 4.78 is 0. The van der Waals surface area contributed by atoms with Crippen LogP contribution in [0, 0.1) is 4.91 Å². The first-order valence-corrected chi connectivity index (χ1v) is 8.93. The normalized spacial score (nSPS) is 26.1. The second-order valence-electron chi connectivity index (χ2n) is 5.40. The molecule has 2 aliphatic heterocycles. The van der Waals surface area contributed by atoms with Crippen molar-refractivity contribution in [1.82, 2.24) is 15.2 Å². The number of thioether (sulfide) groups is 1. The largest absolute Gasteiger partial charge is 0.477 e. The average molecular weight is 383 g/mol. The summed E-state index contributed by atoms with van der Waals surface area (Å²) >= 11 is 2.40. The highest BCUT2D eigenvalue weighted by molar-refractivity contribution is 8.00. The van der Waals surface area contributed by atoms with Crippen molar-refractivity contribution >= 4 is 46.0 Å². The van der Waals surface area contributed by atoms with Crippen LogP contribution in [0.4, 0.5) is 5.13 Å². The predicted octanol–water partition coefficient (Wildman–Crippen LogP) is 0.290. The Labute approximate surface area is 149 Å². The van der Waals surface area contributed by atoms with Gasteiger partial charge in [-0.2, -0.15) is 0 Å². The van der Waals surface area contributed by atoms with Crippen LogP contribution in [0.25, 0.3) is 0 Å². The number of thiazole rings is 1. The number of nitrogens with one attached hydrogen (secondary N) is 1. The minimum atomic E-state index is -1.42. The van der Waals surface area contributed by atoms with Crippen molar-refractivity contribution in [2.45, 2.75) is 29.6 Å². The fourth-order valence-corrected chi connectivity index (χ4v) is 4.53. The number of fused-ring (bicyclic) bond motifs is 1. The van der Waals surface area contributed by atoms with Crippen molar-refractivity contribution in [2.75, 3.05) is 5.73 Å². The van der Waals surface area contributed by atoms with Crippen LogP contribution in [-0.2, 0) is 14.4 Å². The van der Waals surface area contributed by atoms with Gasteiger partial charge in [0.2, 0.25) is 6.04 Å². The summed E-state index contributed by atoms with van der Waals surface area (Å²) in [5.41, 5.74) is 5.48. The molecule has 3 heterocycles. The number of aromatic nitrogens is 1. The molecule has 1 aromatic rings. The summed E-state index contributed by atoms with van der Waals surface area (Å²) in [6, 6.07) is -2.35. The van der Waals surface area contributed by atoms with E-state index >= 15 is 0 Å². The number of hydrogen-bond donors (Lipinski definition) is 3. The van der Waals surface area contributed by atoms with E-state index in [4.69, 9.17) is 5.73 Å². The minimum Gasteiger partial charge on any atom is -0.477 e. The molecule has 1 aromatic heterocycles. The van der Waals surface area contributed by atoms with Crippen LogP contribution in [0.15, 0.2) is 22.3 Å². The van der Waals surface area contributed by atoms with Crippen LogP contribution >= 0.6 is 23.1 Å². The maximum atomic E-state index is 12.3. The van der Waals surface area contributed by atoms with Gasteiger partial charge in [-0.05, 0) is 18.2 Å². The van der Waals surface area contributed by atoms with E-state index in [-0.39, 0.29) is 21.8 Å². The van der Waals surface area contributed by atoms with Crippen LogP contribution in [0.2, 0.25) is 0 Å². The number of aliphatic carboxylic acids is 1. The first-order valence-electron chi connectivity index (χ1n) is 7.11. The van der Waals surface area contributed by atoms with Gasteiger partial charge < -0.3 is 16.2 Å². The number of hydrogen-bond acceptors (Lipinski definition) is 9. The lowest BCUT2D eigenvalue weighted by molar-refractivity contribution is -0.150. The van der Waals surface area contributed by atoms with Crippen molar-refractivity contribution in [1.29, 1.82) is 0 Å². The summed E-state index contributed by atoms with van der Waals surface area (Å²) in [5.74, 6) is -2.53. The van der Waals surface area contributed by atoms with E-state index < -0.39 is 35.2 Å². The Balaban J connectivity index is 1.75. The maximum absolute atomic E-state index is 12.3. The van der Waals surface area contributed by atoms with Gasteiger partial charge in [0, 0.05) is 10.6 Å². The van der Waals surface area contributed by atoms with E-state index in [0.717, 1.165) is 16.2 Å². The molecule has 0 saturated carbocycles. The molecule has 0 spiro atoms. The monoisotopic (exact) mass is 383 g/mol. The molecular weight excluding hydrogens is 370 g/mol. The van der Waals surface area contributed by atoms with Crippen LogP contribution < -0.4 is 11.1 Å². The molecule has 10 nitrogen and oxygen atoms in total. The SMILES string of the molecule is CC1C=C(C(=O)O)N2C(=O)C(NC(=O)C(N=O)c3csc(N)n3)[C@@H]2S1. The molecule has 3 rings (SSSR count). The average Bonchev–Trinajstić information content (AvgIpc) is 2.98. The van der Waals surface area contributed by atoms with Crippen molar-refractivity contribution in [2.24, 2.45) is 5.18 Å². The van der Waals surface area contributed by atoms with Gasteiger partial charge in [0.05, 0.1) is 5.69 Å². The molecule has 0 aromatic carbocycles. The summed E-state index contributed by atoms with van der Waals surface area (Å²) in [4.78, 5) is 51.9. The van der Waals surface area contributed by atoms with Gasteiger partial charge >= 0.3 is 5.97 Å². The van der Waals surface area contributed by atoms with Crippen LogP contribution in [0.1, 0.15) is 18.7 Å². The molecule has 0 aliphatic carbocycles. The molecule has 2 amide bonds. The first kappa shape index (κ1) is 17.4. The summed E-state index contributed by atoms with van der Waals surface area (Å²) in [6.07, 6.45) is 1.48. The van der Waals surface area contributed by atoms with E-state index in [1.807, 2.05) is 0 Å². The number of carboxylic acid groups (broad SMARTS) is 1. The zero-order chi connectivity index (χ0) is 18.3. The first-order chi connectivity index (χ1) is 11.8. The Bertz CT molecular complexity index is 794. The Morgan fingerprint density at radius 3 is 2.80 bits per heavy atom. The number of β-lactam (4-membered cyclic amide) rings is 1. The third-order valence-corrected chi connectivity index (χ3v) is 5.76. The zero-order valence-electron chi connectivity index (χ0n) is 12.8. The number of nitrogens with two attached hydrogens (primary N) is 1. The summed E-state index contributed by atoms with van der Waals surface area (Å²) in [6.45, 7) is 1.79. The lowest BCUT2D eigenvalue weighted by atomic mass is 10.0. The van der Waals surface area contributed by atoms with Gasteiger partial charge in [0.15, 0.2) is 5.13 Å². The predicted molar refractivity (Wildman–Crippen MR) is 90.4 cm³/mol. The Hall–Kier alpha value is -2.47. The Morgan fingerprint density at radius 2 is 2.24 bits per heavy atom. The van der Waals surface area contributed by atoms with Gasteiger partial charge in [0.1, 0.15) is 17.1 Å². The Morgan fingerprint density at radius 1 is 1.52 bits per heavy atom. The highest BCUT2D eigenvalue weighted by atomic mass is 32.2. The maximum Gasteiger partial charge on any atom is 0.352 e. The quantitative estimate of drug-likeness (QED) is 0.484. The van der Waals surface area contributed by atoms with E-state index in [9.17, 15) is 24.4 Å². The zero-order valence-corrected chi connectivity index (χ0v) is 14.4. The number of anilines is 1. The third-order valence-electron chi connectivity index (χ3n) is 3.74. The van der Waals surface area contributed by atoms with Crippen molar-refractivity contribution in [3.8, 4) is 0 Å². The molecule has 0 radical (unpaired) electrons. The van der Waals surface area contributed by atoms with Crippen molar-refractivity contribution in [3.05, 3.63) is 27.8 Å². The number of carbonyl (C=O) groups excluding carboxylic acids is 2. The summed E-state index contributed by atoms with van der Waals surface area (Å²) in [7, 11) is 0. The molecular formula is C13H13N5O5S2.